The number of aldehydes is 1. The first-order valence-corrected chi connectivity index (χ1v) is 23.3. The van der Waals surface area contributed by atoms with Crippen LogP contribution in [0.4, 0.5) is 27.3 Å². The zero-order chi connectivity index (χ0) is 48.9. The number of benzene rings is 4. The molecule has 0 aliphatic carbocycles. The Morgan fingerprint density at radius 3 is 2.36 bits per heavy atom. The predicted molar refractivity (Wildman–Crippen MR) is 256 cm³/mol. The van der Waals surface area contributed by atoms with Crippen molar-refractivity contribution in [3.8, 4) is 22.3 Å². The van der Waals surface area contributed by atoms with Gasteiger partial charge in [-0.15, -0.1) is 0 Å². The lowest BCUT2D eigenvalue weighted by atomic mass is 9.94. The number of amides is 5. The van der Waals surface area contributed by atoms with E-state index in [-0.39, 0.29) is 98.1 Å². The van der Waals surface area contributed by atoms with E-state index in [4.69, 9.17) is 19.9 Å². The Bertz CT molecular complexity index is 2780. The molecule has 0 bridgehead atoms. The second kappa shape index (κ2) is 23.6. The van der Waals surface area contributed by atoms with Crippen molar-refractivity contribution in [2.45, 2.75) is 36.6 Å². The maximum absolute atomic E-state index is 15.6. The molecule has 0 saturated carbocycles. The molecular formula is C49H51FN8O10S. The Morgan fingerprint density at radius 1 is 0.855 bits per heavy atom. The molecule has 5 aromatic rings. The zero-order valence-electron chi connectivity index (χ0n) is 37.6. The predicted octanol–water partition coefficient (Wildman–Crippen LogP) is 4.74. The third-order valence-electron chi connectivity index (χ3n) is 11.2. The van der Waals surface area contributed by atoms with Gasteiger partial charge < -0.3 is 50.7 Å². The number of rotatable bonds is 24. The first-order valence-electron chi connectivity index (χ1n) is 22.2. The van der Waals surface area contributed by atoms with Crippen LogP contribution in [0.3, 0.4) is 0 Å². The van der Waals surface area contributed by atoms with Gasteiger partial charge in [-0.05, 0) is 78.6 Å². The Kier molecular flexibility index (Phi) is 16.9. The molecule has 7 rings (SSSR count). The minimum Gasteiger partial charge on any atom is -0.383 e. The van der Waals surface area contributed by atoms with Crippen molar-refractivity contribution in [2.24, 2.45) is 0 Å². The highest BCUT2D eigenvalue weighted by molar-refractivity contribution is 7.86. The van der Waals surface area contributed by atoms with Crippen LogP contribution in [0.25, 0.3) is 22.3 Å². The molecular weight excluding hydrogens is 912 g/mol. The molecule has 7 N–H and O–H groups in total. The van der Waals surface area contributed by atoms with Crippen LogP contribution in [0.2, 0.25) is 0 Å². The van der Waals surface area contributed by atoms with Crippen LogP contribution in [0, 0.1) is 5.82 Å². The third-order valence-corrected chi connectivity index (χ3v) is 12.3. The van der Waals surface area contributed by atoms with Crippen molar-refractivity contribution in [1.82, 2.24) is 20.5 Å². The molecule has 0 saturated heterocycles. The number of nitrogen functional groups attached to an aromatic ring is 1. The van der Waals surface area contributed by atoms with Gasteiger partial charge in [0.05, 0.1) is 62.1 Å². The molecule has 0 radical (unpaired) electrons. The molecule has 3 heterocycles. The van der Waals surface area contributed by atoms with Crippen LogP contribution >= 0.6 is 0 Å². The van der Waals surface area contributed by atoms with Crippen LogP contribution in [0.1, 0.15) is 55.9 Å². The fourth-order valence-electron chi connectivity index (χ4n) is 7.81. The number of fused-ring (bicyclic) bond motifs is 2. The van der Waals surface area contributed by atoms with E-state index in [2.05, 4.69) is 31.0 Å². The average Bonchev–Trinajstić information content (AvgIpc) is 3.60. The van der Waals surface area contributed by atoms with Crippen molar-refractivity contribution in [1.29, 1.82) is 0 Å². The number of halogens is 1. The quantitative estimate of drug-likeness (QED) is 0.0278. The largest absolute Gasteiger partial charge is 0.383 e. The summed E-state index contributed by atoms with van der Waals surface area (Å²) in [6.45, 7) is 2.35. The topological polar surface area (TPSA) is 249 Å². The molecule has 2 aliphatic heterocycles. The average molecular weight is 963 g/mol. The molecule has 360 valence electrons. The summed E-state index contributed by atoms with van der Waals surface area (Å²) in [4.78, 5) is 80.2. The van der Waals surface area contributed by atoms with Gasteiger partial charge in [0.25, 0.3) is 17.7 Å². The van der Waals surface area contributed by atoms with Crippen LogP contribution in [0.5, 0.6) is 0 Å². The van der Waals surface area contributed by atoms with Gasteiger partial charge in [-0.2, -0.15) is 0 Å². The van der Waals surface area contributed by atoms with Crippen molar-refractivity contribution < 1.29 is 51.6 Å². The van der Waals surface area contributed by atoms with E-state index in [0.29, 0.717) is 59.5 Å². The monoisotopic (exact) mass is 962 g/mol. The number of nitrogens with two attached hydrogens (primary N) is 1. The van der Waals surface area contributed by atoms with Gasteiger partial charge in [-0.25, -0.2) is 13.6 Å². The Balaban J connectivity index is 0.780. The summed E-state index contributed by atoms with van der Waals surface area (Å²) in [5, 5.41) is 11.2. The first-order chi connectivity index (χ1) is 33.5. The summed E-state index contributed by atoms with van der Waals surface area (Å²) in [6, 6.07) is 21.8. The number of hydrogen-bond acceptors (Lipinski definition) is 13. The summed E-state index contributed by atoms with van der Waals surface area (Å²) in [5.74, 6) is -2.53. The van der Waals surface area contributed by atoms with E-state index in [1.807, 2.05) is 6.07 Å². The maximum atomic E-state index is 15.6. The summed E-state index contributed by atoms with van der Waals surface area (Å²) < 4.78 is 48.4. The highest BCUT2D eigenvalue weighted by Gasteiger charge is 2.43. The lowest BCUT2D eigenvalue weighted by Crippen LogP contribution is -2.48. The molecule has 2 unspecified atom stereocenters. The summed E-state index contributed by atoms with van der Waals surface area (Å²) in [6.07, 6.45) is 2.88. The SMILES string of the molecule is CNC(=O)C(CCC=O)N1C(=O)c2cccc(NCCOCCOCCOCCC(=O)Nc3cccc(NS(=O)c4ccc(-c5cnc(N)c(-c6ccc7c(c6)CCNC7=O)c5)c(F)c4)c3)c2C1=O. The first kappa shape index (κ1) is 49.5. The van der Waals surface area contributed by atoms with Crippen molar-refractivity contribution >= 4 is 69.7 Å². The van der Waals surface area contributed by atoms with Crippen LogP contribution in [-0.4, -0.2) is 116 Å². The van der Waals surface area contributed by atoms with Crippen LogP contribution in [0.15, 0.2) is 96.0 Å². The number of nitrogens with zero attached hydrogens (tertiary/aromatic N) is 2. The summed E-state index contributed by atoms with van der Waals surface area (Å²) >= 11 is 0. The second-order valence-corrected chi connectivity index (χ2v) is 17.0. The van der Waals surface area contributed by atoms with Gasteiger partial charge in [0.15, 0.2) is 0 Å². The van der Waals surface area contributed by atoms with Gasteiger partial charge in [-0.3, -0.25) is 28.9 Å². The summed E-state index contributed by atoms with van der Waals surface area (Å²) in [5.41, 5.74) is 11.4. The summed E-state index contributed by atoms with van der Waals surface area (Å²) in [7, 11) is -0.451. The van der Waals surface area contributed by atoms with Crippen molar-refractivity contribution in [2.75, 3.05) is 80.9 Å². The third kappa shape index (κ3) is 12.2. The molecule has 20 heteroatoms. The Hall–Kier alpha value is -7.39. The second-order valence-electron chi connectivity index (χ2n) is 15.8. The van der Waals surface area contributed by atoms with Crippen LogP contribution < -0.4 is 31.7 Å². The van der Waals surface area contributed by atoms with E-state index in [0.717, 1.165) is 16.0 Å². The molecule has 18 nitrogen and oxygen atoms in total. The molecule has 2 aliphatic rings. The van der Waals surface area contributed by atoms with E-state index in [1.54, 1.807) is 60.7 Å². The minimum atomic E-state index is -1.85. The zero-order valence-corrected chi connectivity index (χ0v) is 38.5. The van der Waals surface area contributed by atoms with E-state index >= 15 is 4.39 Å². The smallest absolute Gasteiger partial charge is 0.264 e. The highest BCUT2D eigenvalue weighted by atomic mass is 32.2. The normalized spacial score (nSPS) is 13.8. The van der Waals surface area contributed by atoms with Gasteiger partial charge in [0.1, 0.15) is 34.9 Å². The van der Waals surface area contributed by atoms with Gasteiger partial charge in [0.2, 0.25) is 11.8 Å². The number of carbonyl (C=O) groups excluding carboxylic acids is 6. The number of aromatic nitrogens is 1. The molecule has 2 atom stereocenters. The molecule has 0 spiro atoms. The number of carbonyl (C=O) groups is 6. The minimum absolute atomic E-state index is 0.0116. The molecule has 69 heavy (non-hydrogen) atoms. The van der Waals surface area contributed by atoms with Crippen molar-refractivity contribution in [3.63, 3.8) is 0 Å². The number of imide groups is 1. The number of likely N-dealkylation sites (N-methyl/N-ethyl adjacent to an activating group) is 1. The number of hydrogen-bond donors (Lipinski definition) is 6. The van der Waals surface area contributed by atoms with Crippen LogP contribution in [-0.2, 0) is 46.0 Å². The van der Waals surface area contributed by atoms with E-state index < -0.39 is 40.6 Å². The standard InChI is InChI=1S/C49H51FN8O10S/c1-52-47(62)42(9-4-18-59)58-48(63)38-7-3-8-41(44(38)49(58)64)53-17-20-67-22-24-68-23-21-66-19-15-43(60)56-33-5-2-6-34(27-33)57-69(65)35-11-13-36(40(50)28-35)32-26-39(45(51)55-29-32)30-10-12-37-31(25-30)14-16-54-46(37)61/h2-3,5-8,10-13,18,25-29,42,53,57H,4,9,14-17,19-24H2,1H3,(H2,51,55)(H,52,62)(H,54,61)(H,56,60). The van der Waals surface area contributed by atoms with Gasteiger partial charge in [-0.1, -0.05) is 30.3 Å². The molecule has 4 aromatic carbocycles. The lowest BCUT2D eigenvalue weighted by molar-refractivity contribution is -0.124. The Morgan fingerprint density at radius 2 is 1.59 bits per heavy atom. The fraction of sp³-hybridized carbons (Fsp3) is 0.286. The highest BCUT2D eigenvalue weighted by Crippen LogP contribution is 2.34. The maximum Gasteiger partial charge on any atom is 0.264 e. The number of anilines is 4. The van der Waals surface area contributed by atoms with Gasteiger partial charge >= 0.3 is 0 Å². The van der Waals surface area contributed by atoms with E-state index in [1.165, 1.54) is 31.4 Å². The number of pyridine rings is 1. The Labute approximate surface area is 399 Å². The lowest BCUT2D eigenvalue weighted by Gasteiger charge is -2.24. The van der Waals surface area contributed by atoms with Crippen molar-refractivity contribution in [3.05, 3.63) is 119 Å². The number of nitrogens with one attached hydrogen (secondary N) is 5. The molecule has 1 aromatic heterocycles. The fourth-order valence-corrected chi connectivity index (χ4v) is 8.67. The molecule has 0 fully saturated rings. The van der Waals surface area contributed by atoms with Gasteiger partial charge in [0, 0.05) is 72.1 Å². The van der Waals surface area contributed by atoms with E-state index in [9.17, 15) is 33.0 Å². The molecule has 5 amide bonds. The number of ether oxygens (including phenoxy) is 3.